The van der Waals surface area contributed by atoms with Crippen molar-refractivity contribution in [2.45, 2.75) is 13.8 Å². The Morgan fingerprint density at radius 1 is 1.31 bits per heavy atom. The molecule has 0 bridgehead atoms. The third-order valence-corrected chi connectivity index (χ3v) is 1.28. The van der Waals surface area contributed by atoms with E-state index in [1.807, 2.05) is 19.1 Å². The smallest absolute Gasteiger partial charge is 1.00 e. The molecule has 13 heavy (non-hydrogen) atoms. The molecule has 0 atom stereocenters. The molecule has 4 heteroatoms. The van der Waals surface area contributed by atoms with Crippen LogP contribution in [0.3, 0.4) is 0 Å². The monoisotopic (exact) mass is 190 g/mol. The first-order valence-electron chi connectivity index (χ1n) is 3.60. The summed E-state index contributed by atoms with van der Waals surface area (Å²) >= 11 is 0. The van der Waals surface area contributed by atoms with Crippen molar-refractivity contribution >= 4 is 5.97 Å². The first-order chi connectivity index (χ1) is 5.68. The van der Waals surface area contributed by atoms with Crippen molar-refractivity contribution in [1.82, 2.24) is 0 Å². The van der Waals surface area contributed by atoms with E-state index in [0.717, 1.165) is 5.56 Å². The van der Waals surface area contributed by atoms with Gasteiger partial charge in [0.15, 0.2) is 5.75 Å². The number of aryl methyl sites for hydroxylation is 1. The normalized spacial score (nSPS) is 8.46. The van der Waals surface area contributed by atoms with E-state index >= 15 is 0 Å². The summed E-state index contributed by atoms with van der Waals surface area (Å²) in [6.45, 7) is 3.25. The van der Waals surface area contributed by atoms with Crippen LogP contribution in [-0.2, 0) is 9.68 Å². The van der Waals surface area contributed by atoms with Crippen molar-refractivity contribution in [1.29, 1.82) is 0 Å². The summed E-state index contributed by atoms with van der Waals surface area (Å²) in [5.41, 5.74) is 1.13. The van der Waals surface area contributed by atoms with Crippen LogP contribution in [-0.4, -0.2) is 5.97 Å². The molecule has 0 aliphatic heterocycles. The average molecular weight is 190 g/mol. The van der Waals surface area contributed by atoms with Gasteiger partial charge in [0, 0.05) is 6.92 Å². The Bertz CT molecular complexity index is 274. The molecule has 1 aromatic carbocycles. The van der Waals surface area contributed by atoms with Gasteiger partial charge in [-0.15, -0.1) is 0 Å². The topological polar surface area (TPSA) is 35.5 Å². The molecule has 0 saturated carbocycles. The van der Waals surface area contributed by atoms with E-state index in [1.54, 1.807) is 12.1 Å². The first-order valence-corrected chi connectivity index (χ1v) is 3.60. The molecular weight excluding hydrogens is 179 g/mol. The SMILES string of the molecule is CC(=O)OOc1ccc(C)cc1.[H-].[Na+]. The number of carbonyl (C=O) groups is 1. The van der Waals surface area contributed by atoms with Gasteiger partial charge in [-0.2, -0.15) is 0 Å². The third kappa shape index (κ3) is 4.93. The molecule has 0 aromatic heterocycles. The number of hydrogen-bond acceptors (Lipinski definition) is 3. The van der Waals surface area contributed by atoms with E-state index in [-0.39, 0.29) is 31.0 Å². The minimum absolute atomic E-state index is 0. The summed E-state index contributed by atoms with van der Waals surface area (Å²) in [5.74, 6) is 0.0615. The summed E-state index contributed by atoms with van der Waals surface area (Å²) in [4.78, 5) is 19.3. The van der Waals surface area contributed by atoms with Crippen LogP contribution < -0.4 is 34.4 Å². The zero-order chi connectivity index (χ0) is 8.97. The van der Waals surface area contributed by atoms with Gasteiger partial charge in [-0.25, -0.2) is 4.79 Å². The summed E-state index contributed by atoms with van der Waals surface area (Å²) in [6, 6.07) is 7.22. The largest absolute Gasteiger partial charge is 1.00 e. The number of rotatable bonds is 2. The second kappa shape index (κ2) is 6.02. The van der Waals surface area contributed by atoms with Crippen molar-refractivity contribution in [3.05, 3.63) is 29.8 Å². The van der Waals surface area contributed by atoms with E-state index in [2.05, 4.69) is 9.78 Å². The van der Waals surface area contributed by atoms with Crippen LogP contribution in [0.2, 0.25) is 0 Å². The minimum Gasteiger partial charge on any atom is -1.00 e. The average Bonchev–Trinajstić information content (AvgIpc) is 2.03. The van der Waals surface area contributed by atoms with Crippen molar-refractivity contribution in [3.8, 4) is 5.75 Å². The van der Waals surface area contributed by atoms with Crippen LogP contribution in [0.1, 0.15) is 13.9 Å². The summed E-state index contributed by atoms with van der Waals surface area (Å²) in [5, 5.41) is 0. The molecule has 0 heterocycles. The van der Waals surface area contributed by atoms with Gasteiger partial charge in [-0.3, -0.25) is 9.78 Å². The molecule has 0 aliphatic carbocycles. The molecule has 1 rings (SSSR count). The Morgan fingerprint density at radius 2 is 1.85 bits per heavy atom. The molecule has 0 aliphatic rings. The van der Waals surface area contributed by atoms with Gasteiger partial charge < -0.3 is 1.43 Å². The quantitative estimate of drug-likeness (QED) is 0.340. The van der Waals surface area contributed by atoms with Gasteiger partial charge in [0.2, 0.25) is 0 Å². The fraction of sp³-hybridized carbons (Fsp3) is 0.222. The summed E-state index contributed by atoms with van der Waals surface area (Å²) < 4.78 is 0. The van der Waals surface area contributed by atoms with E-state index in [9.17, 15) is 4.79 Å². The Balaban J connectivity index is 0. The van der Waals surface area contributed by atoms with Gasteiger partial charge >= 0.3 is 35.5 Å². The molecule has 0 unspecified atom stereocenters. The second-order valence-electron chi connectivity index (χ2n) is 2.47. The molecule has 1 aromatic rings. The van der Waals surface area contributed by atoms with Gasteiger partial charge in [0.05, 0.1) is 0 Å². The zero-order valence-electron chi connectivity index (χ0n) is 9.03. The van der Waals surface area contributed by atoms with Gasteiger partial charge in [0.25, 0.3) is 0 Å². The standard InChI is InChI=1S/C9H10O3.Na.H/c1-7-3-5-9(6-4-7)12-11-8(2)10;;/h3-6H,1-2H3;;/q;+1;-1. The fourth-order valence-corrected chi connectivity index (χ4v) is 0.701. The predicted molar refractivity (Wildman–Crippen MR) is 44.7 cm³/mol. The third-order valence-electron chi connectivity index (χ3n) is 1.28. The maximum absolute atomic E-state index is 10.3. The van der Waals surface area contributed by atoms with Gasteiger partial charge in [0.1, 0.15) is 0 Å². The molecule has 0 spiro atoms. The van der Waals surface area contributed by atoms with E-state index < -0.39 is 5.97 Å². The van der Waals surface area contributed by atoms with Crippen LogP contribution in [0.25, 0.3) is 0 Å². The Labute approximate surface area is 101 Å². The molecule has 0 N–H and O–H groups in total. The van der Waals surface area contributed by atoms with Crippen LogP contribution >= 0.6 is 0 Å². The fourth-order valence-electron chi connectivity index (χ4n) is 0.701. The molecule has 0 amide bonds. The zero-order valence-corrected chi connectivity index (χ0v) is 10.0. The maximum Gasteiger partial charge on any atom is 1.00 e. The van der Waals surface area contributed by atoms with Crippen LogP contribution in [0.5, 0.6) is 5.75 Å². The predicted octanol–water partition coefficient (Wildman–Crippen LogP) is -1.03. The Morgan fingerprint density at radius 3 is 2.31 bits per heavy atom. The van der Waals surface area contributed by atoms with E-state index in [1.165, 1.54) is 6.92 Å². The van der Waals surface area contributed by atoms with Gasteiger partial charge in [-0.1, -0.05) is 17.7 Å². The van der Waals surface area contributed by atoms with Gasteiger partial charge in [-0.05, 0) is 19.1 Å². The number of benzene rings is 1. The summed E-state index contributed by atoms with van der Waals surface area (Å²) in [6.07, 6.45) is 0. The number of hydrogen-bond donors (Lipinski definition) is 0. The molecule has 0 radical (unpaired) electrons. The molecule has 3 nitrogen and oxygen atoms in total. The number of carbonyl (C=O) groups excluding carboxylic acids is 1. The van der Waals surface area contributed by atoms with Crippen LogP contribution in [0, 0.1) is 6.92 Å². The van der Waals surface area contributed by atoms with E-state index in [4.69, 9.17) is 0 Å². The Kier molecular flexibility index (Phi) is 5.79. The minimum atomic E-state index is -0.462. The molecule has 0 fully saturated rings. The molecular formula is C9H11NaO3. The summed E-state index contributed by atoms with van der Waals surface area (Å²) in [7, 11) is 0. The molecule has 0 saturated heterocycles. The van der Waals surface area contributed by atoms with Crippen molar-refractivity contribution in [2.75, 3.05) is 0 Å². The first kappa shape index (κ1) is 12.5. The van der Waals surface area contributed by atoms with Crippen molar-refractivity contribution < 1.29 is 45.6 Å². The maximum atomic E-state index is 10.3. The second-order valence-corrected chi connectivity index (χ2v) is 2.47. The van der Waals surface area contributed by atoms with Crippen LogP contribution in [0.15, 0.2) is 24.3 Å². The van der Waals surface area contributed by atoms with Crippen LogP contribution in [0.4, 0.5) is 0 Å². The van der Waals surface area contributed by atoms with Crippen molar-refractivity contribution in [2.24, 2.45) is 0 Å². The van der Waals surface area contributed by atoms with E-state index in [0.29, 0.717) is 5.75 Å². The van der Waals surface area contributed by atoms with Crippen molar-refractivity contribution in [3.63, 3.8) is 0 Å². The Hall–Kier alpha value is -0.510. The molecule has 66 valence electrons.